The summed E-state index contributed by atoms with van der Waals surface area (Å²) in [4.78, 5) is 0. The van der Waals surface area contributed by atoms with Gasteiger partial charge in [0.25, 0.3) is 0 Å². The van der Waals surface area contributed by atoms with Gasteiger partial charge in [-0.1, -0.05) is 33.1 Å². The molecular weight excluding hydrogens is 162 g/mol. The van der Waals surface area contributed by atoms with Gasteiger partial charge in [-0.2, -0.15) is 8.78 Å². The summed E-state index contributed by atoms with van der Waals surface area (Å²) in [5.74, 6) is 0.305. The molecule has 12 heavy (non-hydrogen) atoms. The van der Waals surface area contributed by atoms with Crippen LogP contribution in [-0.2, 0) is 4.74 Å². The first kappa shape index (κ1) is 11.8. The summed E-state index contributed by atoms with van der Waals surface area (Å²) >= 11 is 0. The summed E-state index contributed by atoms with van der Waals surface area (Å²) in [7, 11) is 0. The standard InChI is InChI=1S/C9H18F2O/c1-3-5-6-8(4-2)7-12-9(10)11/h8-9H,3-7H2,1-2H3. The number of halogens is 2. The molecule has 0 aliphatic carbocycles. The molecule has 0 rings (SSSR count). The first-order valence-electron chi connectivity index (χ1n) is 4.60. The predicted octanol–water partition coefficient (Wildman–Crippen LogP) is 3.44. The third-order valence-electron chi connectivity index (χ3n) is 2.00. The summed E-state index contributed by atoms with van der Waals surface area (Å²) in [6.45, 7) is 1.70. The van der Waals surface area contributed by atoms with Crippen molar-refractivity contribution in [3.05, 3.63) is 0 Å². The molecule has 1 unspecified atom stereocenters. The molecule has 0 saturated heterocycles. The lowest BCUT2D eigenvalue weighted by Crippen LogP contribution is -2.11. The highest BCUT2D eigenvalue weighted by Gasteiger charge is 2.09. The summed E-state index contributed by atoms with van der Waals surface area (Å²) in [6.07, 6.45) is 4.14. The third-order valence-corrected chi connectivity index (χ3v) is 2.00. The van der Waals surface area contributed by atoms with Gasteiger partial charge in [0.2, 0.25) is 0 Å². The van der Waals surface area contributed by atoms with Gasteiger partial charge in [-0.3, -0.25) is 0 Å². The second-order valence-corrected chi connectivity index (χ2v) is 3.01. The van der Waals surface area contributed by atoms with Crippen molar-refractivity contribution in [1.82, 2.24) is 0 Å². The SMILES string of the molecule is CCCCC(CC)COC(F)F. The van der Waals surface area contributed by atoms with Crippen LogP contribution in [0.1, 0.15) is 39.5 Å². The molecule has 1 nitrogen and oxygen atoms in total. The Labute approximate surface area is 73.1 Å². The number of hydrogen-bond acceptors (Lipinski definition) is 1. The minimum Gasteiger partial charge on any atom is -0.323 e. The minimum absolute atomic E-state index is 0.203. The number of ether oxygens (including phenoxy) is 1. The molecule has 3 heteroatoms. The van der Waals surface area contributed by atoms with Gasteiger partial charge in [0.15, 0.2) is 0 Å². The minimum atomic E-state index is -2.61. The Bertz CT molecular complexity index is 96.5. The van der Waals surface area contributed by atoms with Gasteiger partial charge in [-0.25, -0.2) is 0 Å². The van der Waals surface area contributed by atoms with E-state index in [1.54, 1.807) is 0 Å². The molecule has 0 bridgehead atoms. The molecule has 1 atom stereocenters. The van der Waals surface area contributed by atoms with Gasteiger partial charge in [0.1, 0.15) is 0 Å². The first-order chi connectivity index (χ1) is 5.70. The molecule has 0 aromatic rings. The summed E-state index contributed by atoms with van der Waals surface area (Å²) < 4.78 is 27.5. The van der Waals surface area contributed by atoms with Crippen molar-refractivity contribution in [1.29, 1.82) is 0 Å². The molecule has 0 aliphatic heterocycles. The van der Waals surface area contributed by atoms with Crippen LogP contribution in [-0.4, -0.2) is 13.2 Å². The van der Waals surface area contributed by atoms with Crippen molar-refractivity contribution in [2.45, 2.75) is 46.1 Å². The monoisotopic (exact) mass is 180 g/mol. The van der Waals surface area contributed by atoms with Crippen LogP contribution in [0.5, 0.6) is 0 Å². The van der Waals surface area contributed by atoms with Crippen molar-refractivity contribution >= 4 is 0 Å². The van der Waals surface area contributed by atoms with Gasteiger partial charge >= 0.3 is 6.61 Å². The maximum absolute atomic E-state index is 11.6. The zero-order valence-corrected chi connectivity index (χ0v) is 7.85. The summed E-state index contributed by atoms with van der Waals surface area (Å²) in [6, 6.07) is 0. The zero-order valence-electron chi connectivity index (χ0n) is 7.85. The topological polar surface area (TPSA) is 9.23 Å². The van der Waals surface area contributed by atoms with Crippen molar-refractivity contribution in [2.75, 3.05) is 6.61 Å². The summed E-state index contributed by atoms with van der Waals surface area (Å²) in [5.41, 5.74) is 0. The van der Waals surface area contributed by atoms with E-state index in [0.29, 0.717) is 5.92 Å². The van der Waals surface area contributed by atoms with E-state index < -0.39 is 6.61 Å². The fraction of sp³-hybridized carbons (Fsp3) is 1.00. The van der Waals surface area contributed by atoms with E-state index in [2.05, 4.69) is 11.7 Å². The molecule has 0 amide bonds. The maximum atomic E-state index is 11.6. The van der Waals surface area contributed by atoms with Crippen molar-refractivity contribution in [3.8, 4) is 0 Å². The van der Waals surface area contributed by atoms with E-state index in [1.807, 2.05) is 6.92 Å². The Hall–Kier alpha value is -0.180. The van der Waals surface area contributed by atoms with Crippen LogP contribution < -0.4 is 0 Å². The van der Waals surface area contributed by atoms with E-state index >= 15 is 0 Å². The van der Waals surface area contributed by atoms with Gasteiger partial charge in [0, 0.05) is 0 Å². The van der Waals surface area contributed by atoms with Gasteiger partial charge < -0.3 is 4.74 Å². The molecule has 0 radical (unpaired) electrons. The number of hydrogen-bond donors (Lipinski definition) is 0. The molecule has 74 valence electrons. The van der Waals surface area contributed by atoms with Crippen LogP contribution >= 0.6 is 0 Å². The molecule has 0 fully saturated rings. The second-order valence-electron chi connectivity index (χ2n) is 3.01. The quantitative estimate of drug-likeness (QED) is 0.583. The molecule has 0 spiro atoms. The lowest BCUT2D eigenvalue weighted by atomic mass is 10.0. The molecule has 0 heterocycles. The fourth-order valence-electron chi connectivity index (χ4n) is 1.11. The van der Waals surface area contributed by atoms with Crippen LogP contribution in [0.4, 0.5) is 8.78 Å². The van der Waals surface area contributed by atoms with Crippen molar-refractivity contribution in [3.63, 3.8) is 0 Å². The van der Waals surface area contributed by atoms with Gasteiger partial charge in [-0.15, -0.1) is 0 Å². The number of alkyl halides is 2. The van der Waals surface area contributed by atoms with Crippen LogP contribution in [0.15, 0.2) is 0 Å². The highest BCUT2D eigenvalue weighted by molar-refractivity contribution is 4.55. The average molecular weight is 180 g/mol. The lowest BCUT2D eigenvalue weighted by Gasteiger charge is -2.13. The molecule has 0 aromatic carbocycles. The van der Waals surface area contributed by atoms with Crippen molar-refractivity contribution < 1.29 is 13.5 Å². The van der Waals surface area contributed by atoms with Crippen LogP contribution in [0.2, 0.25) is 0 Å². The predicted molar refractivity (Wildman–Crippen MR) is 45.3 cm³/mol. The normalized spacial score (nSPS) is 13.8. The molecule has 0 N–H and O–H groups in total. The van der Waals surface area contributed by atoms with Crippen molar-refractivity contribution in [2.24, 2.45) is 5.92 Å². The average Bonchev–Trinajstić information content (AvgIpc) is 2.05. The first-order valence-corrected chi connectivity index (χ1v) is 4.60. The van der Waals surface area contributed by atoms with Gasteiger partial charge in [-0.05, 0) is 12.3 Å². The van der Waals surface area contributed by atoms with Gasteiger partial charge in [0.05, 0.1) is 6.61 Å². The zero-order chi connectivity index (χ0) is 9.40. The Morgan fingerprint density at radius 1 is 1.25 bits per heavy atom. The maximum Gasteiger partial charge on any atom is 0.345 e. The van der Waals surface area contributed by atoms with Crippen LogP contribution in [0.25, 0.3) is 0 Å². The van der Waals surface area contributed by atoms with Crippen LogP contribution in [0.3, 0.4) is 0 Å². The van der Waals surface area contributed by atoms with E-state index in [0.717, 1.165) is 25.7 Å². The lowest BCUT2D eigenvalue weighted by molar-refractivity contribution is -0.138. The Balaban J connectivity index is 3.39. The van der Waals surface area contributed by atoms with E-state index in [9.17, 15) is 8.78 Å². The Morgan fingerprint density at radius 2 is 1.92 bits per heavy atom. The molecule has 0 aliphatic rings. The summed E-state index contributed by atoms with van der Waals surface area (Å²) in [5, 5.41) is 0. The number of unbranched alkanes of at least 4 members (excludes halogenated alkanes) is 1. The van der Waals surface area contributed by atoms with E-state index in [-0.39, 0.29) is 6.61 Å². The van der Waals surface area contributed by atoms with E-state index in [1.165, 1.54) is 0 Å². The second kappa shape index (κ2) is 7.47. The third kappa shape index (κ3) is 6.53. The fourth-order valence-corrected chi connectivity index (χ4v) is 1.11. The molecule has 0 saturated carbocycles. The highest BCUT2D eigenvalue weighted by atomic mass is 19.3. The van der Waals surface area contributed by atoms with E-state index in [4.69, 9.17) is 0 Å². The Kier molecular flexibility index (Phi) is 7.36. The highest BCUT2D eigenvalue weighted by Crippen LogP contribution is 2.13. The smallest absolute Gasteiger partial charge is 0.323 e. The molecular formula is C9H18F2O. The van der Waals surface area contributed by atoms with Crippen LogP contribution in [0, 0.1) is 5.92 Å². The largest absolute Gasteiger partial charge is 0.345 e. The Morgan fingerprint density at radius 3 is 2.33 bits per heavy atom. The molecule has 0 aromatic heterocycles. The number of rotatable bonds is 7.